The fourth-order valence-corrected chi connectivity index (χ4v) is 4.02. The van der Waals surface area contributed by atoms with Crippen molar-refractivity contribution in [3.05, 3.63) is 57.6 Å². The molecule has 1 unspecified atom stereocenters. The normalized spacial score (nSPS) is 17.6. The second-order valence-corrected chi connectivity index (χ2v) is 7.74. The summed E-state index contributed by atoms with van der Waals surface area (Å²) in [5.74, 6) is -0.938. The number of pyridine rings is 2. The first-order valence-corrected chi connectivity index (χ1v) is 9.75. The molecule has 0 aromatic carbocycles. The lowest BCUT2D eigenvalue weighted by Crippen LogP contribution is -2.48. The number of carbonyl (C=O) groups excluding carboxylic acids is 1. The van der Waals surface area contributed by atoms with Gasteiger partial charge in [0.25, 0.3) is 5.91 Å². The molecule has 0 aliphatic heterocycles. The number of alkyl halides is 3. The Morgan fingerprint density at radius 2 is 1.86 bits per heavy atom. The molecule has 156 valence electrons. The van der Waals surface area contributed by atoms with Gasteiger partial charge in [-0.3, -0.25) is 4.79 Å². The highest BCUT2D eigenvalue weighted by Crippen LogP contribution is 2.39. The van der Waals surface area contributed by atoms with Gasteiger partial charge in [-0.2, -0.15) is 13.2 Å². The maximum atomic E-state index is 13.1. The second kappa shape index (κ2) is 8.45. The number of carbonyl (C=O) groups is 1. The zero-order valence-electron chi connectivity index (χ0n) is 15.1. The minimum absolute atomic E-state index is 0.163. The van der Waals surface area contributed by atoms with Crippen LogP contribution in [0.1, 0.15) is 59.9 Å². The maximum Gasteiger partial charge on any atom is 0.417 e. The van der Waals surface area contributed by atoms with Gasteiger partial charge in [0.2, 0.25) is 0 Å². The summed E-state index contributed by atoms with van der Waals surface area (Å²) in [5, 5.41) is 13.1. The van der Waals surface area contributed by atoms with Gasteiger partial charge in [-0.1, -0.05) is 48.5 Å². The van der Waals surface area contributed by atoms with Crippen LogP contribution in [0.4, 0.5) is 13.2 Å². The summed E-state index contributed by atoms with van der Waals surface area (Å²) in [6, 6.07) is 4.46. The number of aromatic nitrogens is 2. The molecule has 1 atom stereocenters. The van der Waals surface area contributed by atoms with E-state index in [0.717, 1.165) is 25.5 Å². The highest BCUT2D eigenvalue weighted by atomic mass is 35.5. The first kappa shape index (κ1) is 21.8. The second-order valence-electron chi connectivity index (χ2n) is 6.97. The average Bonchev–Trinajstić information content (AvgIpc) is 2.65. The van der Waals surface area contributed by atoms with E-state index in [1.165, 1.54) is 0 Å². The summed E-state index contributed by atoms with van der Waals surface area (Å²) in [4.78, 5) is 20.7. The van der Waals surface area contributed by atoms with Crippen molar-refractivity contribution >= 4 is 29.1 Å². The zero-order chi connectivity index (χ0) is 21.2. The zero-order valence-corrected chi connectivity index (χ0v) is 16.7. The third-order valence-corrected chi connectivity index (χ3v) is 5.57. The SMILES string of the molecule is O=C(NC(c1cccc(Cl)n1)C1(O)CCCCC1)c1nccc(C(F)(F)F)c1Cl. The molecule has 2 N–H and O–H groups in total. The van der Waals surface area contributed by atoms with Crippen LogP contribution >= 0.6 is 23.2 Å². The number of hydrogen-bond acceptors (Lipinski definition) is 4. The molecule has 10 heteroatoms. The molecule has 2 heterocycles. The Morgan fingerprint density at radius 3 is 2.48 bits per heavy atom. The standard InChI is InChI=1S/C19H18Cl2F3N3O2/c20-13-6-4-5-12(26-13)16(18(29)8-2-1-3-9-18)27-17(28)15-14(21)11(7-10-25-15)19(22,23)24/h4-7,10,16,29H,1-3,8-9H2,(H,27,28). The molecule has 1 amide bonds. The van der Waals surface area contributed by atoms with Crippen molar-refractivity contribution in [3.63, 3.8) is 0 Å². The highest BCUT2D eigenvalue weighted by Gasteiger charge is 2.42. The van der Waals surface area contributed by atoms with Crippen molar-refractivity contribution < 1.29 is 23.1 Å². The molecular formula is C19H18Cl2F3N3O2. The molecule has 1 fully saturated rings. The molecule has 5 nitrogen and oxygen atoms in total. The Balaban J connectivity index is 1.97. The number of nitrogens with zero attached hydrogens (tertiary/aromatic N) is 2. The molecule has 29 heavy (non-hydrogen) atoms. The van der Waals surface area contributed by atoms with Gasteiger partial charge in [-0.05, 0) is 31.0 Å². The van der Waals surface area contributed by atoms with Crippen LogP contribution in [0.15, 0.2) is 30.5 Å². The summed E-state index contributed by atoms with van der Waals surface area (Å²) < 4.78 is 39.3. The van der Waals surface area contributed by atoms with E-state index in [1.54, 1.807) is 18.2 Å². The van der Waals surface area contributed by atoms with Crippen molar-refractivity contribution in [1.82, 2.24) is 15.3 Å². The van der Waals surface area contributed by atoms with Crippen LogP contribution in [-0.4, -0.2) is 26.6 Å². The smallest absolute Gasteiger partial charge is 0.387 e. The lowest BCUT2D eigenvalue weighted by molar-refractivity contribution is -0.137. The van der Waals surface area contributed by atoms with E-state index in [0.29, 0.717) is 24.6 Å². The Bertz CT molecular complexity index is 903. The molecule has 1 aliphatic carbocycles. The number of rotatable bonds is 4. The predicted octanol–water partition coefficient (Wildman–Crippen LogP) is 4.97. The number of hydrogen-bond donors (Lipinski definition) is 2. The summed E-state index contributed by atoms with van der Waals surface area (Å²) in [5.41, 5.74) is -2.75. The fourth-order valence-electron chi connectivity index (χ4n) is 3.54. The van der Waals surface area contributed by atoms with Crippen LogP contribution in [0.5, 0.6) is 0 Å². The van der Waals surface area contributed by atoms with Gasteiger partial charge >= 0.3 is 6.18 Å². The van der Waals surface area contributed by atoms with Gasteiger partial charge in [0.15, 0.2) is 0 Å². The van der Waals surface area contributed by atoms with Crippen molar-refractivity contribution in [2.24, 2.45) is 0 Å². The minimum Gasteiger partial charge on any atom is -0.387 e. The maximum absolute atomic E-state index is 13.1. The van der Waals surface area contributed by atoms with Crippen molar-refractivity contribution in [3.8, 4) is 0 Å². The Kier molecular flexibility index (Phi) is 6.36. The fraction of sp³-hybridized carbons (Fsp3) is 0.421. The summed E-state index contributed by atoms with van der Waals surface area (Å²) >= 11 is 11.8. The van der Waals surface area contributed by atoms with E-state index < -0.39 is 40.0 Å². The molecule has 0 bridgehead atoms. The van der Waals surface area contributed by atoms with Crippen LogP contribution in [0.3, 0.4) is 0 Å². The molecule has 0 saturated heterocycles. The first-order chi connectivity index (χ1) is 13.6. The largest absolute Gasteiger partial charge is 0.417 e. The third kappa shape index (κ3) is 4.82. The van der Waals surface area contributed by atoms with Crippen molar-refractivity contribution in [2.75, 3.05) is 0 Å². The van der Waals surface area contributed by atoms with Crippen LogP contribution in [0.2, 0.25) is 10.2 Å². The Morgan fingerprint density at radius 1 is 1.17 bits per heavy atom. The first-order valence-electron chi connectivity index (χ1n) is 8.99. The molecule has 0 radical (unpaired) electrons. The average molecular weight is 448 g/mol. The van der Waals surface area contributed by atoms with Gasteiger partial charge in [-0.15, -0.1) is 0 Å². The van der Waals surface area contributed by atoms with Crippen LogP contribution in [-0.2, 0) is 6.18 Å². The van der Waals surface area contributed by atoms with Crippen LogP contribution < -0.4 is 5.32 Å². The lowest BCUT2D eigenvalue weighted by Gasteiger charge is -2.39. The lowest BCUT2D eigenvalue weighted by atomic mass is 9.78. The monoisotopic (exact) mass is 447 g/mol. The summed E-state index contributed by atoms with van der Waals surface area (Å²) in [6.07, 6.45) is -0.646. The number of amides is 1. The van der Waals surface area contributed by atoms with Crippen LogP contribution in [0.25, 0.3) is 0 Å². The molecule has 2 aromatic heterocycles. The molecule has 1 aliphatic rings. The predicted molar refractivity (Wildman–Crippen MR) is 102 cm³/mol. The number of aliphatic hydroxyl groups is 1. The van der Waals surface area contributed by atoms with E-state index in [2.05, 4.69) is 15.3 Å². The van der Waals surface area contributed by atoms with E-state index in [1.807, 2.05) is 0 Å². The van der Waals surface area contributed by atoms with Gasteiger partial charge in [0.05, 0.1) is 21.9 Å². The minimum atomic E-state index is -4.73. The molecule has 3 rings (SSSR count). The van der Waals surface area contributed by atoms with Crippen LogP contribution in [0, 0.1) is 0 Å². The topological polar surface area (TPSA) is 75.1 Å². The van der Waals surface area contributed by atoms with Crippen molar-refractivity contribution in [1.29, 1.82) is 0 Å². The quantitative estimate of drug-likeness (QED) is 0.648. The molecule has 1 saturated carbocycles. The summed E-state index contributed by atoms with van der Waals surface area (Å²) in [7, 11) is 0. The number of nitrogens with one attached hydrogen (secondary N) is 1. The van der Waals surface area contributed by atoms with Gasteiger partial charge in [0, 0.05) is 6.20 Å². The van der Waals surface area contributed by atoms with E-state index >= 15 is 0 Å². The Hall–Kier alpha value is -1.90. The van der Waals surface area contributed by atoms with Gasteiger partial charge < -0.3 is 10.4 Å². The van der Waals surface area contributed by atoms with Crippen molar-refractivity contribution in [2.45, 2.75) is 49.9 Å². The Labute approximate surface area is 175 Å². The third-order valence-electron chi connectivity index (χ3n) is 4.97. The van der Waals surface area contributed by atoms with E-state index in [-0.39, 0.29) is 5.15 Å². The molecule has 2 aromatic rings. The van der Waals surface area contributed by atoms with Gasteiger partial charge in [-0.25, -0.2) is 9.97 Å². The molecule has 0 spiro atoms. The highest BCUT2D eigenvalue weighted by molar-refractivity contribution is 6.34. The van der Waals surface area contributed by atoms with E-state index in [9.17, 15) is 23.1 Å². The van der Waals surface area contributed by atoms with E-state index in [4.69, 9.17) is 23.2 Å². The molecular weight excluding hydrogens is 430 g/mol. The summed E-state index contributed by atoms with van der Waals surface area (Å²) in [6.45, 7) is 0. The number of halogens is 5. The van der Waals surface area contributed by atoms with Gasteiger partial charge in [0.1, 0.15) is 16.9 Å².